The molecule has 2 aromatic heterocycles. The van der Waals surface area contributed by atoms with E-state index in [1.807, 2.05) is 0 Å². The SMILES string of the molecule is COCc1nc([C@H](NC(=O)C[C@@H](c2ccc(O)c(OC)c2)c2oc(C)cc(=O)c2O)c2ccc(OC)cc2)n[nH]1. The van der Waals surface area contributed by atoms with Crippen LogP contribution in [0.5, 0.6) is 23.0 Å². The summed E-state index contributed by atoms with van der Waals surface area (Å²) in [6, 6.07) is 11.9. The molecule has 12 nitrogen and oxygen atoms in total. The third kappa shape index (κ3) is 6.24. The highest BCUT2D eigenvalue weighted by Gasteiger charge is 2.29. The molecule has 4 aromatic rings. The zero-order valence-electron chi connectivity index (χ0n) is 22.4. The van der Waals surface area contributed by atoms with Crippen LogP contribution in [0.3, 0.4) is 0 Å². The molecular formula is C28H30N4O8. The van der Waals surface area contributed by atoms with E-state index in [-0.39, 0.29) is 36.0 Å². The molecule has 2 aromatic carbocycles. The number of carbonyl (C=O) groups excluding carboxylic acids is 1. The molecule has 12 heteroatoms. The number of H-pyrrole nitrogens is 1. The fourth-order valence-corrected chi connectivity index (χ4v) is 4.27. The zero-order chi connectivity index (χ0) is 28.8. The number of hydrogen-bond donors (Lipinski definition) is 4. The second-order valence-corrected chi connectivity index (χ2v) is 8.97. The second kappa shape index (κ2) is 12.3. The Kier molecular flexibility index (Phi) is 8.70. The van der Waals surface area contributed by atoms with Crippen LogP contribution in [0.15, 0.2) is 57.7 Å². The molecule has 0 aliphatic rings. The van der Waals surface area contributed by atoms with E-state index in [0.29, 0.717) is 28.5 Å². The van der Waals surface area contributed by atoms with Gasteiger partial charge in [-0.25, -0.2) is 4.98 Å². The highest BCUT2D eigenvalue weighted by atomic mass is 16.5. The summed E-state index contributed by atoms with van der Waals surface area (Å²) in [4.78, 5) is 30.5. The zero-order valence-corrected chi connectivity index (χ0v) is 22.4. The van der Waals surface area contributed by atoms with Gasteiger partial charge in [0.15, 0.2) is 28.9 Å². The van der Waals surface area contributed by atoms with Crippen molar-refractivity contribution < 1.29 is 33.6 Å². The van der Waals surface area contributed by atoms with E-state index in [1.54, 1.807) is 44.4 Å². The average Bonchev–Trinajstić information content (AvgIpc) is 3.41. The first-order valence-electron chi connectivity index (χ1n) is 12.3. The van der Waals surface area contributed by atoms with Gasteiger partial charge in [-0.3, -0.25) is 14.7 Å². The summed E-state index contributed by atoms with van der Waals surface area (Å²) in [7, 11) is 4.47. The molecule has 0 aliphatic heterocycles. The minimum absolute atomic E-state index is 0.0887. The quantitative estimate of drug-likeness (QED) is 0.218. The molecule has 4 rings (SSSR count). The minimum atomic E-state index is -0.908. The Bertz CT molecular complexity index is 1530. The molecular weight excluding hydrogens is 520 g/mol. The van der Waals surface area contributed by atoms with Gasteiger partial charge in [0.25, 0.3) is 0 Å². The first kappa shape index (κ1) is 28.2. The van der Waals surface area contributed by atoms with Crippen molar-refractivity contribution in [2.24, 2.45) is 0 Å². The summed E-state index contributed by atoms with van der Waals surface area (Å²) in [6.07, 6.45) is -0.240. The number of amides is 1. The highest BCUT2D eigenvalue weighted by molar-refractivity contribution is 5.78. The van der Waals surface area contributed by atoms with Gasteiger partial charge in [0.2, 0.25) is 17.1 Å². The number of benzene rings is 2. The maximum Gasteiger partial charge on any atom is 0.227 e. The molecule has 0 bridgehead atoms. The number of phenols is 1. The van der Waals surface area contributed by atoms with Gasteiger partial charge in [-0.05, 0) is 42.3 Å². The second-order valence-electron chi connectivity index (χ2n) is 8.97. The van der Waals surface area contributed by atoms with Crippen LogP contribution in [-0.2, 0) is 16.1 Å². The average molecular weight is 551 g/mol. The largest absolute Gasteiger partial charge is 0.504 e. The smallest absolute Gasteiger partial charge is 0.227 e. The number of aryl methyl sites for hydroxylation is 1. The lowest BCUT2D eigenvalue weighted by atomic mass is 9.91. The summed E-state index contributed by atoms with van der Waals surface area (Å²) < 4.78 is 21.4. The molecule has 4 N–H and O–H groups in total. The fourth-order valence-electron chi connectivity index (χ4n) is 4.27. The first-order chi connectivity index (χ1) is 19.2. The van der Waals surface area contributed by atoms with Gasteiger partial charge in [0, 0.05) is 19.6 Å². The summed E-state index contributed by atoms with van der Waals surface area (Å²) >= 11 is 0. The fraction of sp³-hybridized carbons (Fsp3) is 0.286. The van der Waals surface area contributed by atoms with Gasteiger partial charge in [0.1, 0.15) is 24.2 Å². The van der Waals surface area contributed by atoms with Crippen molar-refractivity contribution in [3.8, 4) is 23.0 Å². The molecule has 0 saturated carbocycles. The van der Waals surface area contributed by atoms with Crippen molar-refractivity contribution >= 4 is 5.91 Å². The van der Waals surface area contributed by atoms with E-state index in [4.69, 9.17) is 18.6 Å². The van der Waals surface area contributed by atoms with Crippen LogP contribution < -0.4 is 20.2 Å². The third-order valence-electron chi connectivity index (χ3n) is 6.23. The lowest BCUT2D eigenvalue weighted by Crippen LogP contribution is -2.31. The number of methoxy groups -OCH3 is 3. The molecule has 0 radical (unpaired) electrons. The number of aromatic amines is 1. The number of hydrogen-bond acceptors (Lipinski definition) is 10. The monoisotopic (exact) mass is 550 g/mol. The van der Waals surface area contributed by atoms with E-state index in [2.05, 4.69) is 20.5 Å². The Hall–Kier alpha value is -4.84. The van der Waals surface area contributed by atoms with E-state index < -0.39 is 29.0 Å². The van der Waals surface area contributed by atoms with Gasteiger partial charge in [-0.2, -0.15) is 5.10 Å². The van der Waals surface area contributed by atoms with Crippen LogP contribution in [0.1, 0.15) is 52.7 Å². The summed E-state index contributed by atoms with van der Waals surface area (Å²) in [5, 5.41) is 30.7. The molecule has 0 fully saturated rings. The maximum absolute atomic E-state index is 13.6. The number of ether oxygens (including phenoxy) is 3. The van der Waals surface area contributed by atoms with Gasteiger partial charge < -0.3 is 34.2 Å². The van der Waals surface area contributed by atoms with Crippen molar-refractivity contribution in [2.45, 2.75) is 31.9 Å². The normalized spacial score (nSPS) is 12.5. The maximum atomic E-state index is 13.6. The predicted molar refractivity (Wildman–Crippen MR) is 143 cm³/mol. The van der Waals surface area contributed by atoms with Crippen LogP contribution >= 0.6 is 0 Å². The molecule has 40 heavy (non-hydrogen) atoms. The number of aromatic hydroxyl groups is 2. The number of carbonyl (C=O) groups is 1. The van der Waals surface area contributed by atoms with E-state index in [0.717, 1.165) is 6.07 Å². The highest BCUT2D eigenvalue weighted by Crippen LogP contribution is 2.37. The number of aromatic nitrogens is 3. The molecule has 0 spiro atoms. The Morgan fingerprint density at radius 1 is 1.05 bits per heavy atom. The van der Waals surface area contributed by atoms with Crippen molar-refractivity contribution in [3.63, 3.8) is 0 Å². The number of nitrogens with one attached hydrogen (secondary N) is 2. The Labute approximate surface area is 229 Å². The Morgan fingerprint density at radius 2 is 1.77 bits per heavy atom. The van der Waals surface area contributed by atoms with Crippen molar-refractivity contribution in [1.82, 2.24) is 20.5 Å². The van der Waals surface area contributed by atoms with E-state index >= 15 is 0 Å². The molecule has 0 unspecified atom stereocenters. The van der Waals surface area contributed by atoms with Crippen LogP contribution in [0, 0.1) is 6.92 Å². The standard InChI is InChI=1S/C28H30N4O8/c1-15-11-21(34)26(36)27(40-15)19(17-7-10-20(33)22(12-17)39-4)13-24(35)30-25(16-5-8-18(38-3)9-6-16)28-29-23(14-37-2)31-32-28/h5-12,19,25,33,36H,13-14H2,1-4H3,(H,30,35)(H,29,31,32)/t19-,25+/m0/s1. The first-order valence-corrected chi connectivity index (χ1v) is 12.3. The van der Waals surface area contributed by atoms with Gasteiger partial charge >= 0.3 is 0 Å². The van der Waals surface area contributed by atoms with E-state index in [1.165, 1.54) is 26.4 Å². The molecule has 2 atom stereocenters. The number of nitrogens with zero attached hydrogens (tertiary/aromatic N) is 2. The lowest BCUT2D eigenvalue weighted by Gasteiger charge is -2.21. The van der Waals surface area contributed by atoms with Crippen molar-refractivity contribution in [1.29, 1.82) is 0 Å². The van der Waals surface area contributed by atoms with Gasteiger partial charge in [-0.1, -0.05) is 18.2 Å². The van der Waals surface area contributed by atoms with Gasteiger partial charge in [0.05, 0.1) is 20.1 Å². The van der Waals surface area contributed by atoms with Crippen LogP contribution in [0.4, 0.5) is 0 Å². The summed E-state index contributed by atoms with van der Waals surface area (Å²) in [5.41, 5.74) is 0.512. The van der Waals surface area contributed by atoms with Crippen LogP contribution in [-0.4, -0.2) is 52.6 Å². The summed E-state index contributed by atoms with van der Waals surface area (Å²) in [5.74, 6) is -0.347. The molecule has 2 heterocycles. The minimum Gasteiger partial charge on any atom is -0.504 e. The molecule has 0 saturated heterocycles. The summed E-state index contributed by atoms with van der Waals surface area (Å²) in [6.45, 7) is 1.77. The van der Waals surface area contributed by atoms with E-state index in [9.17, 15) is 19.8 Å². The predicted octanol–water partition coefficient (Wildman–Crippen LogP) is 3.07. The third-order valence-corrected chi connectivity index (χ3v) is 6.23. The lowest BCUT2D eigenvalue weighted by molar-refractivity contribution is -0.122. The molecule has 210 valence electrons. The number of phenolic OH excluding ortho intramolecular Hbond substituents is 1. The van der Waals surface area contributed by atoms with Crippen molar-refractivity contribution in [3.05, 3.63) is 93.1 Å². The number of rotatable bonds is 11. The topological polar surface area (TPSA) is 169 Å². The Morgan fingerprint density at radius 3 is 2.45 bits per heavy atom. The molecule has 1 amide bonds. The van der Waals surface area contributed by atoms with Crippen LogP contribution in [0.25, 0.3) is 0 Å². The van der Waals surface area contributed by atoms with Crippen molar-refractivity contribution in [2.75, 3.05) is 21.3 Å². The Balaban J connectivity index is 1.72. The van der Waals surface area contributed by atoms with Crippen LogP contribution in [0.2, 0.25) is 0 Å². The molecule has 0 aliphatic carbocycles. The van der Waals surface area contributed by atoms with Gasteiger partial charge in [-0.15, -0.1) is 0 Å².